The first-order chi connectivity index (χ1) is 14.5. The maximum Gasteiger partial charge on any atom is 0.289 e. The van der Waals surface area contributed by atoms with Gasteiger partial charge in [-0.2, -0.15) is 0 Å². The Hall–Kier alpha value is -1.70. The highest BCUT2D eigenvalue weighted by Crippen LogP contribution is 2.25. The minimum atomic E-state index is -0.156. The van der Waals surface area contributed by atoms with E-state index in [1.54, 1.807) is 9.25 Å². The smallest absolute Gasteiger partial charge is 0.289 e. The molecule has 4 rings (SSSR count). The fraction of sp³-hybridized carbons (Fsp3) is 0.591. The lowest BCUT2D eigenvalue weighted by Crippen LogP contribution is -2.37. The molecule has 2 aromatic rings. The van der Waals surface area contributed by atoms with Gasteiger partial charge in [-0.3, -0.25) is 9.36 Å². The average Bonchev–Trinajstić information content (AvgIpc) is 3.54. The Balaban J connectivity index is 1.56. The van der Waals surface area contributed by atoms with Crippen molar-refractivity contribution in [2.75, 3.05) is 13.6 Å². The van der Waals surface area contributed by atoms with Crippen LogP contribution in [0, 0.1) is 4.77 Å². The molecule has 0 aliphatic heterocycles. The van der Waals surface area contributed by atoms with Gasteiger partial charge < -0.3 is 10.2 Å². The highest BCUT2D eigenvalue weighted by Gasteiger charge is 2.26. The van der Waals surface area contributed by atoms with Crippen molar-refractivity contribution in [2.45, 2.75) is 70.0 Å². The predicted octanol–water partition coefficient (Wildman–Crippen LogP) is 4.60. The summed E-state index contributed by atoms with van der Waals surface area (Å²) in [5.41, 5.74) is 0.805. The van der Waals surface area contributed by atoms with Gasteiger partial charge in [-0.15, -0.1) is 5.10 Å². The molecule has 0 radical (unpaired) electrons. The SMILES string of the molecule is CN(CCCn1nc(C(=O)NC2CCCCC2)n(-c2ccc(Cl)cc2)c1=S)C1CC1. The zero-order valence-corrected chi connectivity index (χ0v) is 19.1. The molecular formula is C22H30ClN5OS. The molecule has 2 aliphatic rings. The van der Waals surface area contributed by atoms with Crippen LogP contribution in [0.5, 0.6) is 0 Å². The number of hydrogen-bond acceptors (Lipinski definition) is 4. The Labute approximate surface area is 188 Å². The number of rotatable bonds is 8. The van der Waals surface area contributed by atoms with Crippen LogP contribution in [0.15, 0.2) is 24.3 Å². The third kappa shape index (κ3) is 5.13. The zero-order valence-electron chi connectivity index (χ0n) is 17.5. The van der Waals surface area contributed by atoms with Gasteiger partial charge in [-0.05, 0) is 82.2 Å². The monoisotopic (exact) mass is 447 g/mol. The average molecular weight is 448 g/mol. The first-order valence-corrected chi connectivity index (χ1v) is 11.8. The van der Waals surface area contributed by atoms with E-state index in [0.29, 0.717) is 22.2 Å². The number of carbonyl (C=O) groups excluding carboxylic acids is 1. The van der Waals surface area contributed by atoms with Crippen molar-refractivity contribution in [2.24, 2.45) is 0 Å². The molecule has 1 heterocycles. The molecule has 2 fully saturated rings. The zero-order chi connectivity index (χ0) is 21.1. The van der Waals surface area contributed by atoms with Crippen molar-refractivity contribution in [1.29, 1.82) is 0 Å². The normalized spacial score (nSPS) is 17.4. The van der Waals surface area contributed by atoms with Crippen molar-refractivity contribution < 1.29 is 4.79 Å². The van der Waals surface area contributed by atoms with E-state index in [1.165, 1.54) is 19.3 Å². The summed E-state index contributed by atoms with van der Waals surface area (Å²) in [6.07, 6.45) is 9.18. The fourth-order valence-electron chi connectivity index (χ4n) is 4.19. The molecule has 162 valence electrons. The molecule has 8 heteroatoms. The Morgan fingerprint density at radius 3 is 2.57 bits per heavy atom. The van der Waals surface area contributed by atoms with Gasteiger partial charge in [0.05, 0.1) is 5.69 Å². The summed E-state index contributed by atoms with van der Waals surface area (Å²) in [6.45, 7) is 1.70. The summed E-state index contributed by atoms with van der Waals surface area (Å²) in [4.78, 5) is 15.5. The summed E-state index contributed by atoms with van der Waals surface area (Å²) < 4.78 is 4.11. The van der Waals surface area contributed by atoms with Crippen LogP contribution in [-0.2, 0) is 6.54 Å². The summed E-state index contributed by atoms with van der Waals surface area (Å²) in [5.74, 6) is 0.195. The minimum Gasteiger partial charge on any atom is -0.347 e. The number of aryl methyl sites for hydroxylation is 1. The van der Waals surface area contributed by atoms with E-state index >= 15 is 0 Å². The Kier molecular flexibility index (Phi) is 6.91. The maximum absolute atomic E-state index is 13.1. The standard InChI is InChI=1S/C22H30ClN5OS/c1-26(18-12-13-18)14-5-15-27-22(30)28(19-10-8-16(23)9-11-19)20(25-27)21(29)24-17-6-3-2-4-7-17/h8-11,17-18H,2-7,12-15H2,1H3,(H,24,29). The number of amides is 1. The molecule has 0 atom stereocenters. The van der Waals surface area contributed by atoms with Gasteiger partial charge >= 0.3 is 0 Å². The third-order valence-electron chi connectivity index (χ3n) is 6.12. The molecule has 6 nitrogen and oxygen atoms in total. The number of benzene rings is 1. The van der Waals surface area contributed by atoms with Crippen molar-refractivity contribution >= 4 is 29.7 Å². The Morgan fingerprint density at radius 1 is 1.20 bits per heavy atom. The first-order valence-electron chi connectivity index (χ1n) is 11.0. The lowest BCUT2D eigenvalue weighted by Gasteiger charge is -2.22. The van der Waals surface area contributed by atoms with Crippen molar-refractivity contribution in [1.82, 2.24) is 24.6 Å². The van der Waals surface area contributed by atoms with E-state index in [2.05, 4.69) is 22.4 Å². The lowest BCUT2D eigenvalue weighted by molar-refractivity contribution is 0.0914. The molecule has 30 heavy (non-hydrogen) atoms. The fourth-order valence-corrected chi connectivity index (χ4v) is 4.64. The van der Waals surface area contributed by atoms with Gasteiger partial charge in [-0.1, -0.05) is 30.9 Å². The van der Waals surface area contributed by atoms with Crippen LogP contribution in [0.25, 0.3) is 5.69 Å². The Morgan fingerprint density at radius 2 is 1.90 bits per heavy atom. The van der Waals surface area contributed by atoms with E-state index in [0.717, 1.165) is 50.4 Å². The topological polar surface area (TPSA) is 55.1 Å². The number of carbonyl (C=O) groups is 1. The lowest BCUT2D eigenvalue weighted by atomic mass is 9.95. The van der Waals surface area contributed by atoms with Gasteiger partial charge in [-0.25, -0.2) is 4.68 Å². The summed E-state index contributed by atoms with van der Waals surface area (Å²) in [5, 5.41) is 8.47. The second-order valence-corrected chi connectivity index (χ2v) is 9.32. The molecular weight excluding hydrogens is 418 g/mol. The number of aromatic nitrogens is 3. The van der Waals surface area contributed by atoms with Crippen LogP contribution in [-0.4, -0.2) is 50.8 Å². The largest absolute Gasteiger partial charge is 0.347 e. The molecule has 1 aromatic heterocycles. The summed E-state index contributed by atoms with van der Waals surface area (Å²) >= 11 is 11.8. The Bertz CT molecular complexity index is 928. The molecule has 2 saturated carbocycles. The second kappa shape index (κ2) is 9.62. The molecule has 1 N–H and O–H groups in total. The molecule has 0 saturated heterocycles. The van der Waals surface area contributed by atoms with Crippen LogP contribution >= 0.6 is 23.8 Å². The van der Waals surface area contributed by atoms with E-state index in [1.807, 2.05) is 24.3 Å². The van der Waals surface area contributed by atoms with Gasteiger partial charge in [0, 0.05) is 23.7 Å². The van der Waals surface area contributed by atoms with E-state index in [-0.39, 0.29) is 11.9 Å². The highest BCUT2D eigenvalue weighted by molar-refractivity contribution is 7.71. The predicted molar refractivity (Wildman–Crippen MR) is 122 cm³/mol. The maximum atomic E-state index is 13.1. The van der Waals surface area contributed by atoms with Gasteiger partial charge in [0.2, 0.25) is 10.6 Å². The quantitative estimate of drug-likeness (QED) is 0.600. The van der Waals surface area contributed by atoms with Gasteiger partial charge in [0.1, 0.15) is 0 Å². The molecule has 0 bridgehead atoms. The highest BCUT2D eigenvalue weighted by atomic mass is 35.5. The minimum absolute atomic E-state index is 0.156. The van der Waals surface area contributed by atoms with E-state index in [9.17, 15) is 4.79 Å². The van der Waals surface area contributed by atoms with Crippen LogP contribution in [0.1, 0.15) is 62.0 Å². The molecule has 0 unspecified atom stereocenters. The van der Waals surface area contributed by atoms with Gasteiger partial charge in [0.25, 0.3) is 5.91 Å². The molecule has 1 aromatic carbocycles. The number of nitrogens with one attached hydrogen (secondary N) is 1. The number of hydrogen-bond donors (Lipinski definition) is 1. The van der Waals surface area contributed by atoms with Crippen molar-refractivity contribution in [3.8, 4) is 5.69 Å². The number of halogens is 1. The van der Waals surface area contributed by atoms with Crippen molar-refractivity contribution in [3.05, 3.63) is 39.9 Å². The van der Waals surface area contributed by atoms with Crippen molar-refractivity contribution in [3.63, 3.8) is 0 Å². The van der Waals surface area contributed by atoms with Crippen LogP contribution in [0.3, 0.4) is 0 Å². The molecule has 1 amide bonds. The van der Waals surface area contributed by atoms with E-state index < -0.39 is 0 Å². The van der Waals surface area contributed by atoms with Crippen LogP contribution in [0.2, 0.25) is 5.02 Å². The summed E-state index contributed by atoms with van der Waals surface area (Å²) in [7, 11) is 2.17. The van der Waals surface area contributed by atoms with Crippen LogP contribution < -0.4 is 5.32 Å². The van der Waals surface area contributed by atoms with Gasteiger partial charge in [0.15, 0.2) is 0 Å². The first kappa shape index (κ1) is 21.5. The second-order valence-electron chi connectivity index (χ2n) is 8.51. The molecule has 0 spiro atoms. The molecule has 2 aliphatic carbocycles. The third-order valence-corrected chi connectivity index (χ3v) is 6.76. The number of nitrogens with zero attached hydrogens (tertiary/aromatic N) is 4. The summed E-state index contributed by atoms with van der Waals surface area (Å²) in [6, 6.07) is 8.33. The van der Waals surface area contributed by atoms with Crippen LogP contribution in [0.4, 0.5) is 0 Å². The van der Waals surface area contributed by atoms with E-state index in [4.69, 9.17) is 23.8 Å².